The maximum absolute atomic E-state index is 11.3. The van der Waals surface area contributed by atoms with Gasteiger partial charge in [-0.1, -0.05) is 12.1 Å². The van der Waals surface area contributed by atoms with Gasteiger partial charge >= 0.3 is 0 Å². The van der Waals surface area contributed by atoms with Crippen molar-refractivity contribution < 1.29 is 9.53 Å². The molecule has 17 heavy (non-hydrogen) atoms. The summed E-state index contributed by atoms with van der Waals surface area (Å²) in [4.78, 5) is 13.1. The first-order valence-corrected chi connectivity index (χ1v) is 5.79. The van der Waals surface area contributed by atoms with E-state index in [2.05, 4.69) is 5.32 Å². The third-order valence-electron chi connectivity index (χ3n) is 3.09. The quantitative estimate of drug-likeness (QED) is 0.845. The van der Waals surface area contributed by atoms with E-state index in [-0.39, 0.29) is 11.9 Å². The van der Waals surface area contributed by atoms with Gasteiger partial charge in [0.2, 0.25) is 5.91 Å². The van der Waals surface area contributed by atoms with Crippen LogP contribution in [0.15, 0.2) is 24.3 Å². The minimum absolute atomic E-state index is 0.220. The molecule has 1 heterocycles. The Bertz CT molecular complexity index is 389. The van der Waals surface area contributed by atoms with Crippen LogP contribution in [0.5, 0.6) is 5.75 Å². The lowest BCUT2D eigenvalue weighted by Crippen LogP contribution is -2.30. The number of likely N-dealkylation sites (tertiary alicyclic amines) is 1. The first-order chi connectivity index (χ1) is 8.19. The lowest BCUT2D eigenvalue weighted by Gasteiger charge is -2.12. The molecule has 2 rings (SSSR count). The molecular formula is C13H18N2O2. The number of rotatable bonds is 4. The van der Waals surface area contributed by atoms with Crippen LogP contribution in [0.4, 0.5) is 0 Å². The van der Waals surface area contributed by atoms with Crippen LogP contribution in [0.1, 0.15) is 12.0 Å². The Morgan fingerprint density at radius 1 is 1.41 bits per heavy atom. The van der Waals surface area contributed by atoms with Crippen molar-refractivity contribution in [2.45, 2.75) is 19.0 Å². The third-order valence-corrected chi connectivity index (χ3v) is 3.09. The fourth-order valence-corrected chi connectivity index (χ4v) is 2.01. The number of nitrogens with one attached hydrogen (secondary N) is 1. The molecule has 1 saturated heterocycles. The second kappa shape index (κ2) is 5.19. The van der Waals surface area contributed by atoms with Crippen LogP contribution in [0, 0.1) is 0 Å². The molecule has 4 heteroatoms. The zero-order chi connectivity index (χ0) is 12.3. The van der Waals surface area contributed by atoms with Crippen molar-refractivity contribution in [1.29, 1.82) is 0 Å². The Labute approximate surface area is 102 Å². The van der Waals surface area contributed by atoms with Crippen molar-refractivity contribution >= 4 is 5.91 Å². The van der Waals surface area contributed by atoms with E-state index in [1.165, 1.54) is 5.56 Å². The predicted molar refractivity (Wildman–Crippen MR) is 65.9 cm³/mol. The molecule has 92 valence electrons. The van der Waals surface area contributed by atoms with Crippen molar-refractivity contribution in [2.75, 3.05) is 20.7 Å². The van der Waals surface area contributed by atoms with Crippen molar-refractivity contribution in [3.63, 3.8) is 0 Å². The van der Waals surface area contributed by atoms with Crippen molar-refractivity contribution in [2.24, 2.45) is 0 Å². The van der Waals surface area contributed by atoms with Gasteiger partial charge in [0, 0.05) is 32.6 Å². The monoisotopic (exact) mass is 234 g/mol. The second-order valence-corrected chi connectivity index (χ2v) is 4.40. The number of carbonyl (C=O) groups excluding carboxylic acids is 1. The maximum Gasteiger partial charge on any atom is 0.224 e. The zero-order valence-electron chi connectivity index (χ0n) is 10.3. The number of likely N-dealkylation sites (N-methyl/N-ethyl adjacent to an activating group) is 1. The van der Waals surface area contributed by atoms with Crippen molar-refractivity contribution in [3.05, 3.63) is 29.8 Å². The summed E-state index contributed by atoms with van der Waals surface area (Å²) in [6, 6.07) is 8.24. The SMILES string of the molecule is COc1ccc(CNC2CC(=O)N(C)C2)cc1. The maximum atomic E-state index is 11.3. The van der Waals surface area contributed by atoms with Crippen LogP contribution in [0.25, 0.3) is 0 Å². The van der Waals surface area contributed by atoms with Gasteiger partial charge in [0.15, 0.2) is 0 Å². The largest absolute Gasteiger partial charge is 0.497 e. The molecule has 1 aliphatic heterocycles. The van der Waals surface area contributed by atoms with E-state index in [9.17, 15) is 4.79 Å². The third kappa shape index (κ3) is 2.97. The number of methoxy groups -OCH3 is 1. The Hall–Kier alpha value is -1.55. The van der Waals surface area contributed by atoms with E-state index in [1.54, 1.807) is 12.0 Å². The molecular weight excluding hydrogens is 216 g/mol. The van der Waals surface area contributed by atoms with Gasteiger partial charge in [-0.15, -0.1) is 0 Å². The van der Waals surface area contributed by atoms with Crippen LogP contribution in [0.2, 0.25) is 0 Å². The van der Waals surface area contributed by atoms with Gasteiger partial charge in [-0.2, -0.15) is 0 Å². The summed E-state index contributed by atoms with van der Waals surface area (Å²) >= 11 is 0. The zero-order valence-corrected chi connectivity index (χ0v) is 10.3. The minimum Gasteiger partial charge on any atom is -0.497 e. The predicted octanol–water partition coefficient (Wildman–Crippen LogP) is 1.02. The summed E-state index contributed by atoms with van der Waals surface area (Å²) in [6.45, 7) is 1.59. The van der Waals surface area contributed by atoms with Crippen LogP contribution < -0.4 is 10.1 Å². The van der Waals surface area contributed by atoms with Crippen LogP contribution in [-0.4, -0.2) is 37.6 Å². The molecule has 1 unspecified atom stereocenters. The number of carbonyl (C=O) groups is 1. The van der Waals surface area contributed by atoms with Crippen molar-refractivity contribution in [1.82, 2.24) is 10.2 Å². The molecule has 1 aliphatic rings. The Kier molecular flexibility index (Phi) is 3.64. The summed E-state index contributed by atoms with van der Waals surface area (Å²) in [6.07, 6.45) is 0.604. The molecule has 0 aliphatic carbocycles. The van der Waals surface area contributed by atoms with E-state index >= 15 is 0 Å². The highest BCUT2D eigenvalue weighted by atomic mass is 16.5. The normalized spacial score (nSPS) is 19.8. The summed E-state index contributed by atoms with van der Waals surface area (Å²) in [5.41, 5.74) is 1.20. The van der Waals surface area contributed by atoms with E-state index in [4.69, 9.17) is 4.74 Å². The van der Waals surface area contributed by atoms with E-state index in [0.717, 1.165) is 18.8 Å². The molecule has 1 N–H and O–H groups in total. The van der Waals surface area contributed by atoms with Crippen LogP contribution in [-0.2, 0) is 11.3 Å². The Morgan fingerprint density at radius 2 is 2.12 bits per heavy atom. The summed E-state index contributed by atoms with van der Waals surface area (Å²) < 4.78 is 5.10. The molecule has 1 aromatic rings. The highest BCUT2D eigenvalue weighted by Crippen LogP contribution is 2.13. The van der Waals surface area contributed by atoms with E-state index < -0.39 is 0 Å². The topological polar surface area (TPSA) is 41.6 Å². The number of benzene rings is 1. The fraction of sp³-hybridized carbons (Fsp3) is 0.462. The Morgan fingerprint density at radius 3 is 2.65 bits per heavy atom. The van der Waals surface area contributed by atoms with Gasteiger partial charge in [-0.3, -0.25) is 4.79 Å². The van der Waals surface area contributed by atoms with Crippen LogP contribution >= 0.6 is 0 Å². The Balaban J connectivity index is 1.83. The smallest absolute Gasteiger partial charge is 0.224 e. The molecule has 0 bridgehead atoms. The molecule has 0 saturated carbocycles. The molecule has 0 aromatic heterocycles. The molecule has 0 radical (unpaired) electrons. The number of nitrogens with zero attached hydrogens (tertiary/aromatic N) is 1. The van der Waals surface area contributed by atoms with E-state index in [0.29, 0.717) is 6.42 Å². The van der Waals surface area contributed by atoms with Crippen LogP contribution in [0.3, 0.4) is 0 Å². The minimum atomic E-state index is 0.220. The first-order valence-electron chi connectivity index (χ1n) is 5.79. The number of hydrogen-bond acceptors (Lipinski definition) is 3. The number of hydrogen-bond donors (Lipinski definition) is 1. The average molecular weight is 234 g/mol. The molecule has 0 spiro atoms. The standard InChI is InChI=1S/C13H18N2O2/c1-15-9-11(7-13(15)16)14-8-10-3-5-12(17-2)6-4-10/h3-6,11,14H,7-9H2,1-2H3. The molecule has 1 aromatic carbocycles. The van der Waals surface area contributed by atoms with Crippen molar-refractivity contribution in [3.8, 4) is 5.75 Å². The van der Waals surface area contributed by atoms with E-state index in [1.807, 2.05) is 31.3 Å². The molecule has 4 nitrogen and oxygen atoms in total. The number of amides is 1. The summed E-state index contributed by atoms with van der Waals surface area (Å²) in [5, 5.41) is 3.39. The molecule has 1 atom stereocenters. The van der Waals surface area contributed by atoms with Gasteiger partial charge in [0.1, 0.15) is 5.75 Å². The average Bonchev–Trinajstić information content (AvgIpc) is 2.67. The highest BCUT2D eigenvalue weighted by Gasteiger charge is 2.25. The lowest BCUT2D eigenvalue weighted by atomic mass is 10.2. The fourth-order valence-electron chi connectivity index (χ4n) is 2.01. The second-order valence-electron chi connectivity index (χ2n) is 4.40. The highest BCUT2D eigenvalue weighted by molar-refractivity contribution is 5.78. The summed E-state index contributed by atoms with van der Waals surface area (Å²) in [5.74, 6) is 1.08. The van der Waals surface area contributed by atoms with Gasteiger partial charge in [-0.25, -0.2) is 0 Å². The lowest BCUT2D eigenvalue weighted by molar-refractivity contribution is -0.126. The molecule has 1 amide bonds. The number of ether oxygens (including phenoxy) is 1. The van der Waals surface area contributed by atoms with Gasteiger partial charge in [-0.05, 0) is 17.7 Å². The molecule has 1 fully saturated rings. The van der Waals surface area contributed by atoms with Gasteiger partial charge in [0.25, 0.3) is 0 Å². The van der Waals surface area contributed by atoms with Gasteiger partial charge < -0.3 is 15.0 Å². The summed E-state index contributed by atoms with van der Waals surface area (Å²) in [7, 11) is 3.50. The first kappa shape index (κ1) is 11.9. The van der Waals surface area contributed by atoms with Gasteiger partial charge in [0.05, 0.1) is 7.11 Å².